The molecule has 0 aromatic heterocycles. The Morgan fingerprint density at radius 3 is 2.43 bits per heavy atom. The van der Waals surface area contributed by atoms with Crippen molar-refractivity contribution in [2.75, 3.05) is 26.3 Å². The molecular weight excluding hydrogens is 278 g/mol. The number of likely N-dealkylation sites (tertiary alicyclic amines) is 1. The highest BCUT2D eigenvalue weighted by Crippen LogP contribution is 2.20. The number of nitrogens with two attached hydrogens (primary N) is 1. The Bertz CT molecular complexity index is 428. The number of hydrogen-bond donors (Lipinski definition) is 2. The van der Waals surface area contributed by atoms with Crippen LogP contribution >= 0.6 is 0 Å². The van der Waals surface area contributed by atoms with Gasteiger partial charge in [0.15, 0.2) is 0 Å². The Labute approximate surface area is 122 Å². The fourth-order valence-corrected chi connectivity index (χ4v) is 2.83. The van der Waals surface area contributed by atoms with Crippen molar-refractivity contribution in [2.45, 2.75) is 37.8 Å². The molecule has 2 unspecified atom stereocenters. The second-order valence-electron chi connectivity index (χ2n) is 5.37. The predicted octanol–water partition coefficient (Wildman–Crippen LogP) is -0.378. The lowest BCUT2D eigenvalue weighted by Crippen LogP contribution is -2.60. The monoisotopic (exact) mass is 299 g/mol. The Hall–Kier alpha value is -1.83. The molecule has 0 radical (unpaired) electrons. The average molecular weight is 299 g/mol. The highest BCUT2D eigenvalue weighted by atomic mass is 16.5. The summed E-state index contributed by atoms with van der Waals surface area (Å²) in [6.45, 7) is 1.02. The first kappa shape index (κ1) is 15.6. The van der Waals surface area contributed by atoms with E-state index in [1.54, 1.807) is 0 Å². The number of carboxylic acid groups (broad SMARTS) is 1. The topological polar surface area (TPSA) is 113 Å². The number of ether oxygens (including phenoxy) is 1. The number of morpholine rings is 1. The third-order valence-corrected chi connectivity index (χ3v) is 3.99. The second-order valence-corrected chi connectivity index (χ2v) is 5.37. The molecule has 2 rings (SSSR count). The van der Waals surface area contributed by atoms with Crippen LogP contribution in [-0.2, 0) is 14.3 Å². The Morgan fingerprint density at radius 1 is 1.05 bits per heavy atom. The van der Waals surface area contributed by atoms with Gasteiger partial charge >= 0.3 is 12.0 Å². The maximum Gasteiger partial charge on any atom is 0.326 e. The zero-order valence-corrected chi connectivity index (χ0v) is 11.9. The summed E-state index contributed by atoms with van der Waals surface area (Å²) in [5.74, 6) is -1.64. The number of primary amides is 1. The minimum Gasteiger partial charge on any atom is -0.480 e. The number of urea groups is 1. The Balaban J connectivity index is 2.18. The van der Waals surface area contributed by atoms with Gasteiger partial charge < -0.3 is 25.4 Å². The summed E-state index contributed by atoms with van der Waals surface area (Å²) in [6, 6.07) is -2.10. The number of nitrogens with zero attached hydrogens (tertiary/aromatic N) is 2. The van der Waals surface area contributed by atoms with E-state index in [0.717, 1.165) is 19.3 Å². The lowest BCUT2D eigenvalue weighted by Gasteiger charge is -2.38. The van der Waals surface area contributed by atoms with Crippen LogP contribution in [0.1, 0.15) is 25.7 Å². The van der Waals surface area contributed by atoms with Gasteiger partial charge in [0, 0.05) is 13.1 Å². The number of carbonyl (C=O) groups excluding carboxylic acids is 2. The SMILES string of the molecule is NC(=O)C1COCCN1C(=O)N1CCCCCC1C(=O)O. The number of aliphatic carboxylic acids is 1. The first-order valence-electron chi connectivity index (χ1n) is 7.19. The molecule has 0 spiro atoms. The molecule has 2 aliphatic heterocycles. The summed E-state index contributed by atoms with van der Waals surface area (Å²) < 4.78 is 5.18. The smallest absolute Gasteiger partial charge is 0.326 e. The summed E-state index contributed by atoms with van der Waals surface area (Å²) in [7, 11) is 0. The first-order valence-corrected chi connectivity index (χ1v) is 7.19. The van der Waals surface area contributed by atoms with E-state index < -0.39 is 30.0 Å². The molecule has 118 valence electrons. The van der Waals surface area contributed by atoms with Crippen molar-refractivity contribution < 1.29 is 24.2 Å². The van der Waals surface area contributed by atoms with E-state index in [9.17, 15) is 19.5 Å². The molecule has 0 aromatic rings. The van der Waals surface area contributed by atoms with E-state index in [0.29, 0.717) is 19.6 Å². The van der Waals surface area contributed by atoms with Gasteiger partial charge in [0.1, 0.15) is 12.1 Å². The lowest BCUT2D eigenvalue weighted by molar-refractivity contribution is -0.142. The third-order valence-electron chi connectivity index (χ3n) is 3.99. The average Bonchev–Trinajstić information content (AvgIpc) is 2.72. The van der Waals surface area contributed by atoms with Gasteiger partial charge in [-0.25, -0.2) is 9.59 Å². The van der Waals surface area contributed by atoms with Crippen molar-refractivity contribution in [3.8, 4) is 0 Å². The van der Waals surface area contributed by atoms with E-state index in [1.807, 2.05) is 0 Å². The van der Waals surface area contributed by atoms with Crippen LogP contribution in [0.2, 0.25) is 0 Å². The van der Waals surface area contributed by atoms with Crippen LogP contribution in [0.15, 0.2) is 0 Å². The molecule has 2 heterocycles. The van der Waals surface area contributed by atoms with Gasteiger partial charge in [-0.05, 0) is 12.8 Å². The number of amides is 3. The van der Waals surface area contributed by atoms with Crippen LogP contribution < -0.4 is 5.73 Å². The zero-order valence-electron chi connectivity index (χ0n) is 11.9. The number of carbonyl (C=O) groups is 3. The molecule has 2 atom stereocenters. The van der Waals surface area contributed by atoms with E-state index in [4.69, 9.17) is 10.5 Å². The maximum absolute atomic E-state index is 12.7. The fourth-order valence-electron chi connectivity index (χ4n) is 2.83. The molecule has 0 bridgehead atoms. The summed E-state index contributed by atoms with van der Waals surface area (Å²) in [5.41, 5.74) is 5.30. The maximum atomic E-state index is 12.7. The molecule has 21 heavy (non-hydrogen) atoms. The van der Waals surface area contributed by atoms with Crippen molar-refractivity contribution in [3.05, 3.63) is 0 Å². The quantitative estimate of drug-likeness (QED) is 0.721. The number of hydrogen-bond acceptors (Lipinski definition) is 4. The summed E-state index contributed by atoms with van der Waals surface area (Å²) in [6.07, 6.45) is 2.88. The minimum absolute atomic E-state index is 0.0622. The summed E-state index contributed by atoms with van der Waals surface area (Å²) in [5, 5.41) is 9.33. The molecule has 2 aliphatic rings. The number of carboxylic acids is 1. The van der Waals surface area contributed by atoms with Gasteiger partial charge in [0.2, 0.25) is 5.91 Å². The van der Waals surface area contributed by atoms with E-state index in [-0.39, 0.29) is 13.2 Å². The molecule has 3 N–H and O–H groups in total. The van der Waals surface area contributed by atoms with Crippen LogP contribution in [0.4, 0.5) is 4.79 Å². The fraction of sp³-hybridized carbons (Fsp3) is 0.769. The largest absolute Gasteiger partial charge is 0.480 e. The molecule has 2 saturated heterocycles. The van der Waals surface area contributed by atoms with Crippen LogP contribution in [0.3, 0.4) is 0 Å². The second kappa shape index (κ2) is 6.75. The molecule has 8 heteroatoms. The molecule has 0 aromatic carbocycles. The highest BCUT2D eigenvalue weighted by molar-refractivity contribution is 5.88. The molecule has 0 aliphatic carbocycles. The van der Waals surface area contributed by atoms with Crippen molar-refractivity contribution >= 4 is 17.9 Å². The molecule has 3 amide bonds. The summed E-state index contributed by atoms with van der Waals surface area (Å²) in [4.78, 5) is 38.2. The van der Waals surface area contributed by atoms with Gasteiger partial charge in [0.05, 0.1) is 13.2 Å². The van der Waals surface area contributed by atoms with Crippen molar-refractivity contribution in [3.63, 3.8) is 0 Å². The molecule has 0 saturated carbocycles. The molecule has 8 nitrogen and oxygen atoms in total. The zero-order chi connectivity index (χ0) is 15.4. The van der Waals surface area contributed by atoms with E-state index in [1.165, 1.54) is 9.80 Å². The van der Waals surface area contributed by atoms with Crippen LogP contribution in [0.25, 0.3) is 0 Å². The highest BCUT2D eigenvalue weighted by Gasteiger charge is 2.38. The minimum atomic E-state index is -1.01. The van der Waals surface area contributed by atoms with Gasteiger partial charge in [0.25, 0.3) is 0 Å². The van der Waals surface area contributed by atoms with Gasteiger partial charge in [-0.3, -0.25) is 4.79 Å². The predicted molar refractivity (Wildman–Crippen MR) is 72.5 cm³/mol. The molecular formula is C13H21N3O5. The number of rotatable bonds is 2. The van der Waals surface area contributed by atoms with E-state index >= 15 is 0 Å². The van der Waals surface area contributed by atoms with Gasteiger partial charge in [-0.2, -0.15) is 0 Å². The van der Waals surface area contributed by atoms with Crippen molar-refractivity contribution in [2.24, 2.45) is 5.73 Å². The van der Waals surface area contributed by atoms with Crippen LogP contribution in [-0.4, -0.2) is 71.2 Å². The first-order chi connectivity index (χ1) is 10.0. The Kier molecular flexibility index (Phi) is 5.00. The Morgan fingerprint density at radius 2 is 1.76 bits per heavy atom. The van der Waals surface area contributed by atoms with Crippen LogP contribution in [0.5, 0.6) is 0 Å². The lowest BCUT2D eigenvalue weighted by atomic mass is 10.1. The van der Waals surface area contributed by atoms with Crippen molar-refractivity contribution in [1.29, 1.82) is 0 Å². The third kappa shape index (κ3) is 3.44. The van der Waals surface area contributed by atoms with Crippen LogP contribution in [0, 0.1) is 0 Å². The van der Waals surface area contributed by atoms with Crippen molar-refractivity contribution in [1.82, 2.24) is 9.80 Å². The van der Waals surface area contributed by atoms with Gasteiger partial charge in [-0.15, -0.1) is 0 Å². The standard InChI is InChI=1S/C13H21N3O5/c14-11(17)10-8-21-7-6-16(10)13(20)15-5-3-1-2-4-9(15)12(18)19/h9-10H,1-8H2,(H2,14,17)(H,18,19). The summed E-state index contributed by atoms with van der Waals surface area (Å²) >= 11 is 0. The van der Waals surface area contributed by atoms with Gasteiger partial charge in [-0.1, -0.05) is 12.8 Å². The van der Waals surface area contributed by atoms with E-state index in [2.05, 4.69) is 0 Å². The molecule has 2 fully saturated rings. The normalized spacial score (nSPS) is 27.0.